The Balaban J connectivity index is 1.66. The van der Waals surface area contributed by atoms with Gasteiger partial charge in [0.25, 0.3) is 0 Å². The summed E-state index contributed by atoms with van der Waals surface area (Å²) in [5.41, 5.74) is 3.22. The van der Waals surface area contributed by atoms with Gasteiger partial charge >= 0.3 is 5.97 Å². The number of hydrogen-bond acceptors (Lipinski definition) is 6. The summed E-state index contributed by atoms with van der Waals surface area (Å²) in [5.74, 6) is 1.11. The average molecular weight is 410 g/mol. The number of cyclic esters (lactones) is 1. The van der Waals surface area contributed by atoms with Crippen molar-refractivity contribution in [3.63, 3.8) is 0 Å². The molecule has 0 bridgehead atoms. The number of ether oxygens (including phenoxy) is 4. The minimum absolute atomic E-state index is 0.278. The Labute approximate surface area is 176 Å². The molecule has 2 aliphatic rings. The molecule has 0 saturated heterocycles. The number of esters is 1. The number of benzene rings is 2. The molecule has 1 N–H and O–H groups in total. The first kappa shape index (κ1) is 20.4. The number of carbonyl (C=O) groups is 1. The lowest BCUT2D eigenvalue weighted by atomic mass is 9.93. The van der Waals surface area contributed by atoms with Crippen LogP contribution in [0.4, 0.5) is 0 Å². The van der Waals surface area contributed by atoms with Crippen LogP contribution < -0.4 is 9.47 Å². The second-order valence-electron chi connectivity index (χ2n) is 8.18. The lowest BCUT2D eigenvalue weighted by molar-refractivity contribution is -0.154. The number of hydrogen-bond donors (Lipinski definition) is 1. The van der Waals surface area contributed by atoms with Crippen LogP contribution in [0.25, 0.3) is 5.57 Å². The van der Waals surface area contributed by atoms with E-state index in [2.05, 4.69) is 6.07 Å². The van der Waals surface area contributed by atoms with Gasteiger partial charge in [0.2, 0.25) is 6.29 Å². The van der Waals surface area contributed by atoms with Crippen molar-refractivity contribution in [2.24, 2.45) is 0 Å². The Hall–Kier alpha value is -2.83. The highest BCUT2D eigenvalue weighted by atomic mass is 16.7. The van der Waals surface area contributed by atoms with Gasteiger partial charge in [0, 0.05) is 25.5 Å². The Morgan fingerprint density at radius 3 is 2.47 bits per heavy atom. The van der Waals surface area contributed by atoms with Gasteiger partial charge < -0.3 is 24.1 Å². The molecule has 2 aromatic rings. The maximum atomic E-state index is 12.6. The van der Waals surface area contributed by atoms with E-state index in [1.54, 1.807) is 21.0 Å². The molecule has 2 atom stereocenters. The van der Waals surface area contributed by atoms with Crippen molar-refractivity contribution < 1.29 is 28.8 Å². The van der Waals surface area contributed by atoms with Crippen molar-refractivity contribution >= 4 is 11.5 Å². The van der Waals surface area contributed by atoms with Crippen molar-refractivity contribution in [2.45, 2.75) is 44.7 Å². The smallest absolute Gasteiger partial charge is 0.341 e. The summed E-state index contributed by atoms with van der Waals surface area (Å²) in [6, 6.07) is 13.3. The van der Waals surface area contributed by atoms with Crippen LogP contribution in [0, 0.1) is 0 Å². The Kier molecular flexibility index (Phi) is 5.30. The topological polar surface area (TPSA) is 74.2 Å². The Morgan fingerprint density at radius 1 is 1.10 bits per heavy atom. The van der Waals surface area contributed by atoms with E-state index >= 15 is 0 Å². The molecule has 1 unspecified atom stereocenters. The molecule has 4 rings (SSSR count). The molecular weight excluding hydrogens is 384 g/mol. The van der Waals surface area contributed by atoms with Crippen molar-refractivity contribution in [2.75, 3.05) is 14.2 Å². The molecule has 6 heteroatoms. The van der Waals surface area contributed by atoms with Crippen LogP contribution in [0.1, 0.15) is 30.5 Å². The number of fused-ring (bicyclic) bond motifs is 1. The number of aliphatic hydroxyl groups is 1. The van der Waals surface area contributed by atoms with Crippen molar-refractivity contribution in [3.8, 4) is 11.5 Å². The van der Waals surface area contributed by atoms with E-state index in [0.717, 1.165) is 33.8 Å². The summed E-state index contributed by atoms with van der Waals surface area (Å²) in [7, 11) is 3.13. The van der Waals surface area contributed by atoms with Gasteiger partial charge in [-0.3, -0.25) is 0 Å². The van der Waals surface area contributed by atoms with Gasteiger partial charge in [-0.05, 0) is 48.7 Å². The molecule has 0 spiro atoms. The summed E-state index contributed by atoms with van der Waals surface area (Å²) in [6.45, 7) is 3.50. The van der Waals surface area contributed by atoms with Crippen molar-refractivity contribution in [3.05, 3.63) is 64.7 Å². The summed E-state index contributed by atoms with van der Waals surface area (Å²) in [5, 5.41) is 10.3. The normalized spacial score (nSPS) is 20.8. The van der Waals surface area contributed by atoms with Crippen molar-refractivity contribution in [1.29, 1.82) is 0 Å². The average Bonchev–Trinajstić information content (AvgIpc) is 3.28. The molecular formula is C24H26O6. The molecule has 0 aromatic heterocycles. The van der Waals surface area contributed by atoms with E-state index in [1.165, 1.54) is 7.11 Å². The third kappa shape index (κ3) is 3.80. The van der Waals surface area contributed by atoms with Crippen LogP contribution in [0.2, 0.25) is 0 Å². The lowest BCUT2D eigenvalue weighted by Gasteiger charge is -2.24. The number of rotatable bonds is 6. The van der Waals surface area contributed by atoms with Gasteiger partial charge in [0.05, 0.1) is 18.3 Å². The molecule has 0 saturated carbocycles. The van der Waals surface area contributed by atoms with Gasteiger partial charge in [-0.2, -0.15) is 0 Å². The second kappa shape index (κ2) is 7.78. The molecule has 0 fully saturated rings. The highest BCUT2D eigenvalue weighted by molar-refractivity contribution is 6.19. The zero-order valence-electron chi connectivity index (χ0n) is 17.6. The first-order chi connectivity index (χ1) is 14.3. The molecule has 2 heterocycles. The van der Waals surface area contributed by atoms with E-state index in [1.807, 2.05) is 36.4 Å². The third-order valence-corrected chi connectivity index (χ3v) is 5.60. The Bertz CT molecular complexity index is 984. The SMILES string of the molecule is COc1ccc(C2=C(Cc3ccc4c(c3)CC(C(C)(C)O)O4)[C@H](OC)OC2=O)cc1. The van der Waals surface area contributed by atoms with Crippen LogP contribution in [0.15, 0.2) is 48.0 Å². The van der Waals surface area contributed by atoms with Gasteiger partial charge in [-0.15, -0.1) is 0 Å². The second-order valence-corrected chi connectivity index (χ2v) is 8.18. The fraction of sp³-hybridized carbons (Fsp3) is 0.375. The highest BCUT2D eigenvalue weighted by Crippen LogP contribution is 2.37. The number of carbonyl (C=O) groups excluding carboxylic acids is 1. The van der Waals surface area contributed by atoms with Gasteiger partial charge in [-0.1, -0.05) is 24.3 Å². The summed E-state index contributed by atoms with van der Waals surface area (Å²) < 4.78 is 22.0. The Morgan fingerprint density at radius 2 is 1.83 bits per heavy atom. The molecule has 0 amide bonds. The van der Waals surface area contributed by atoms with Gasteiger partial charge in [0.15, 0.2) is 0 Å². The maximum absolute atomic E-state index is 12.6. The van der Waals surface area contributed by atoms with E-state index in [0.29, 0.717) is 18.4 Å². The van der Waals surface area contributed by atoms with Gasteiger partial charge in [-0.25, -0.2) is 4.79 Å². The zero-order valence-corrected chi connectivity index (χ0v) is 17.6. The largest absolute Gasteiger partial charge is 0.497 e. The minimum atomic E-state index is -0.921. The molecule has 0 aliphatic carbocycles. The minimum Gasteiger partial charge on any atom is -0.497 e. The predicted octanol–water partition coefficient (Wildman–Crippen LogP) is 3.30. The third-order valence-electron chi connectivity index (χ3n) is 5.60. The summed E-state index contributed by atoms with van der Waals surface area (Å²) in [6.07, 6.45) is 0.148. The first-order valence-electron chi connectivity index (χ1n) is 9.92. The highest BCUT2D eigenvalue weighted by Gasteiger charge is 2.37. The fourth-order valence-electron chi connectivity index (χ4n) is 3.93. The molecule has 158 valence electrons. The van der Waals surface area contributed by atoms with Crippen molar-refractivity contribution in [1.82, 2.24) is 0 Å². The lowest BCUT2D eigenvalue weighted by Crippen LogP contribution is -2.39. The molecule has 2 aliphatic heterocycles. The van der Waals surface area contributed by atoms with Crippen LogP contribution >= 0.6 is 0 Å². The monoisotopic (exact) mass is 410 g/mol. The van der Waals surface area contributed by atoms with Crippen LogP contribution in [-0.2, 0) is 27.1 Å². The molecule has 30 heavy (non-hydrogen) atoms. The summed E-state index contributed by atoms with van der Waals surface area (Å²) >= 11 is 0. The maximum Gasteiger partial charge on any atom is 0.341 e. The van der Waals surface area contributed by atoms with E-state index in [9.17, 15) is 9.90 Å². The van der Waals surface area contributed by atoms with E-state index < -0.39 is 17.9 Å². The quantitative estimate of drug-likeness (QED) is 0.737. The van der Waals surface area contributed by atoms with Crippen LogP contribution in [0.5, 0.6) is 11.5 Å². The van der Waals surface area contributed by atoms with Gasteiger partial charge in [0.1, 0.15) is 17.6 Å². The predicted molar refractivity (Wildman–Crippen MR) is 111 cm³/mol. The fourth-order valence-corrected chi connectivity index (χ4v) is 3.93. The van der Waals surface area contributed by atoms with Crippen LogP contribution in [-0.4, -0.2) is 43.3 Å². The van der Waals surface area contributed by atoms with E-state index in [-0.39, 0.29) is 6.10 Å². The zero-order chi connectivity index (χ0) is 21.5. The first-order valence-corrected chi connectivity index (χ1v) is 9.92. The number of methoxy groups -OCH3 is 2. The molecule has 0 radical (unpaired) electrons. The standard InChI is InChI=1S/C24H26O6/c1-24(2,26)20-13-16-11-14(5-10-19(16)29-20)12-18-21(22(25)30-23(18)28-4)15-6-8-17(27-3)9-7-15/h5-11,20,23,26H,12-13H2,1-4H3/t20?,23-/m1/s1. The van der Waals surface area contributed by atoms with E-state index in [4.69, 9.17) is 18.9 Å². The molecule has 2 aromatic carbocycles. The molecule has 6 nitrogen and oxygen atoms in total. The summed E-state index contributed by atoms with van der Waals surface area (Å²) in [4.78, 5) is 12.6. The van der Waals surface area contributed by atoms with Crippen LogP contribution in [0.3, 0.4) is 0 Å².